The lowest BCUT2D eigenvalue weighted by molar-refractivity contribution is -0.130. The SMILES string of the molecule is CCC(C(=O)N(C)C)c1ccc(C(=O)Cl)cc1. The van der Waals surface area contributed by atoms with Crippen molar-refractivity contribution in [3.63, 3.8) is 0 Å². The van der Waals surface area contributed by atoms with Crippen LogP contribution in [0, 0.1) is 0 Å². The van der Waals surface area contributed by atoms with Gasteiger partial charge in [0.1, 0.15) is 0 Å². The third-order valence-corrected chi connectivity index (χ3v) is 2.91. The molecule has 92 valence electrons. The molecular weight excluding hydrogens is 238 g/mol. The second kappa shape index (κ2) is 5.82. The molecule has 4 heteroatoms. The highest BCUT2D eigenvalue weighted by Crippen LogP contribution is 2.22. The molecule has 0 N–H and O–H groups in total. The Bertz CT molecular complexity index is 412. The molecule has 0 aromatic heterocycles. The van der Waals surface area contributed by atoms with E-state index in [1.54, 1.807) is 43.3 Å². The minimum absolute atomic E-state index is 0.0671. The van der Waals surface area contributed by atoms with E-state index >= 15 is 0 Å². The number of nitrogens with zero attached hydrogens (tertiary/aromatic N) is 1. The van der Waals surface area contributed by atoms with Crippen LogP contribution in [-0.4, -0.2) is 30.1 Å². The first-order valence-corrected chi connectivity index (χ1v) is 5.86. The quantitative estimate of drug-likeness (QED) is 0.774. The van der Waals surface area contributed by atoms with Crippen LogP contribution in [0.1, 0.15) is 35.2 Å². The highest BCUT2D eigenvalue weighted by Gasteiger charge is 2.20. The van der Waals surface area contributed by atoms with Gasteiger partial charge in [0.2, 0.25) is 5.91 Å². The van der Waals surface area contributed by atoms with Crippen molar-refractivity contribution in [2.45, 2.75) is 19.3 Å². The summed E-state index contributed by atoms with van der Waals surface area (Å²) in [4.78, 5) is 24.4. The number of carbonyl (C=O) groups excluding carboxylic acids is 2. The van der Waals surface area contributed by atoms with Gasteiger partial charge in [0.05, 0.1) is 5.92 Å². The first-order chi connectivity index (χ1) is 7.97. The minimum Gasteiger partial charge on any atom is -0.348 e. The molecule has 0 saturated heterocycles. The molecular formula is C13H16ClNO2. The lowest BCUT2D eigenvalue weighted by Gasteiger charge is -2.19. The maximum absolute atomic E-state index is 11.9. The zero-order valence-electron chi connectivity index (χ0n) is 10.2. The normalized spacial score (nSPS) is 12.0. The molecule has 3 nitrogen and oxygen atoms in total. The lowest BCUT2D eigenvalue weighted by Crippen LogP contribution is -2.27. The van der Waals surface area contributed by atoms with Gasteiger partial charge < -0.3 is 4.90 Å². The Labute approximate surface area is 106 Å². The zero-order valence-corrected chi connectivity index (χ0v) is 11.0. The van der Waals surface area contributed by atoms with Crippen molar-refractivity contribution in [2.24, 2.45) is 0 Å². The molecule has 0 saturated carbocycles. The van der Waals surface area contributed by atoms with Crippen molar-refractivity contribution in [2.75, 3.05) is 14.1 Å². The number of halogens is 1. The summed E-state index contributed by atoms with van der Waals surface area (Å²) in [6.07, 6.45) is 0.727. The maximum Gasteiger partial charge on any atom is 0.252 e. The van der Waals surface area contributed by atoms with E-state index in [1.165, 1.54) is 0 Å². The van der Waals surface area contributed by atoms with Gasteiger partial charge in [0.15, 0.2) is 0 Å². The van der Waals surface area contributed by atoms with Gasteiger partial charge in [-0.1, -0.05) is 19.1 Å². The molecule has 1 rings (SSSR count). The molecule has 0 aliphatic carbocycles. The Morgan fingerprint density at radius 3 is 2.12 bits per heavy atom. The maximum atomic E-state index is 11.9. The molecule has 0 spiro atoms. The standard InChI is InChI=1S/C13H16ClNO2/c1-4-11(13(17)15(2)3)9-5-7-10(8-6-9)12(14)16/h5-8,11H,4H2,1-3H3. The fourth-order valence-electron chi connectivity index (χ4n) is 1.71. The van der Waals surface area contributed by atoms with E-state index in [-0.39, 0.29) is 11.8 Å². The van der Waals surface area contributed by atoms with Gasteiger partial charge in [0.25, 0.3) is 5.24 Å². The molecule has 0 radical (unpaired) electrons. The lowest BCUT2D eigenvalue weighted by atomic mass is 9.94. The van der Waals surface area contributed by atoms with Crippen LogP contribution in [-0.2, 0) is 4.79 Å². The molecule has 1 aromatic carbocycles. The molecule has 1 aromatic rings. The van der Waals surface area contributed by atoms with Crippen LogP contribution in [0.25, 0.3) is 0 Å². The van der Waals surface area contributed by atoms with Crippen LogP contribution < -0.4 is 0 Å². The van der Waals surface area contributed by atoms with Gasteiger partial charge in [-0.3, -0.25) is 9.59 Å². The Balaban J connectivity index is 2.97. The highest BCUT2D eigenvalue weighted by atomic mass is 35.5. The van der Waals surface area contributed by atoms with Gasteiger partial charge in [-0.15, -0.1) is 0 Å². The molecule has 0 aliphatic heterocycles. The Hall–Kier alpha value is -1.35. The Morgan fingerprint density at radius 2 is 1.76 bits per heavy atom. The first kappa shape index (κ1) is 13.7. The van der Waals surface area contributed by atoms with Crippen molar-refractivity contribution in [3.05, 3.63) is 35.4 Å². The number of amides is 1. The van der Waals surface area contributed by atoms with E-state index in [4.69, 9.17) is 11.6 Å². The van der Waals surface area contributed by atoms with Gasteiger partial charge in [0, 0.05) is 19.7 Å². The van der Waals surface area contributed by atoms with E-state index in [9.17, 15) is 9.59 Å². The number of benzene rings is 1. The molecule has 1 amide bonds. The smallest absolute Gasteiger partial charge is 0.252 e. The molecule has 0 heterocycles. The number of hydrogen-bond donors (Lipinski definition) is 0. The van der Waals surface area contributed by atoms with Crippen molar-refractivity contribution in [3.8, 4) is 0 Å². The second-order valence-electron chi connectivity index (χ2n) is 4.09. The van der Waals surface area contributed by atoms with Crippen LogP contribution in [0.15, 0.2) is 24.3 Å². The van der Waals surface area contributed by atoms with Crippen LogP contribution in [0.5, 0.6) is 0 Å². The average Bonchev–Trinajstić information content (AvgIpc) is 2.30. The van der Waals surface area contributed by atoms with E-state index in [0.717, 1.165) is 12.0 Å². The Morgan fingerprint density at radius 1 is 1.24 bits per heavy atom. The summed E-state index contributed by atoms with van der Waals surface area (Å²) in [5.74, 6) is -0.0954. The topological polar surface area (TPSA) is 37.4 Å². The number of rotatable bonds is 4. The van der Waals surface area contributed by atoms with Gasteiger partial charge in [-0.25, -0.2) is 0 Å². The summed E-state index contributed by atoms with van der Waals surface area (Å²) in [5.41, 5.74) is 1.36. The first-order valence-electron chi connectivity index (χ1n) is 5.48. The van der Waals surface area contributed by atoms with Crippen molar-refractivity contribution < 1.29 is 9.59 Å². The number of likely N-dealkylation sites (N-methyl/N-ethyl adjacent to an activating group) is 1. The van der Waals surface area contributed by atoms with Gasteiger partial charge in [-0.2, -0.15) is 0 Å². The summed E-state index contributed by atoms with van der Waals surface area (Å²) in [6.45, 7) is 1.96. The predicted octanol–water partition coefficient (Wildman–Crippen LogP) is 2.65. The van der Waals surface area contributed by atoms with E-state index in [0.29, 0.717) is 5.56 Å². The van der Waals surface area contributed by atoms with Crippen molar-refractivity contribution in [1.29, 1.82) is 0 Å². The highest BCUT2D eigenvalue weighted by molar-refractivity contribution is 6.67. The van der Waals surface area contributed by atoms with E-state index in [2.05, 4.69) is 0 Å². The summed E-state index contributed by atoms with van der Waals surface area (Å²) in [5, 5.41) is -0.483. The van der Waals surface area contributed by atoms with Crippen LogP contribution >= 0.6 is 11.6 Å². The van der Waals surface area contributed by atoms with Crippen molar-refractivity contribution in [1.82, 2.24) is 4.90 Å². The molecule has 1 unspecified atom stereocenters. The largest absolute Gasteiger partial charge is 0.348 e. The summed E-state index contributed by atoms with van der Waals surface area (Å²) >= 11 is 5.37. The third kappa shape index (κ3) is 3.30. The summed E-state index contributed by atoms with van der Waals surface area (Å²) < 4.78 is 0. The number of hydrogen-bond acceptors (Lipinski definition) is 2. The summed E-state index contributed by atoms with van der Waals surface area (Å²) in [6, 6.07) is 6.86. The third-order valence-electron chi connectivity index (χ3n) is 2.69. The van der Waals surface area contributed by atoms with Gasteiger partial charge in [-0.05, 0) is 35.7 Å². The van der Waals surface area contributed by atoms with Crippen molar-refractivity contribution >= 4 is 22.8 Å². The molecule has 1 atom stereocenters. The molecule has 0 bridgehead atoms. The fraction of sp³-hybridized carbons (Fsp3) is 0.385. The molecule has 17 heavy (non-hydrogen) atoms. The predicted molar refractivity (Wildman–Crippen MR) is 68.4 cm³/mol. The van der Waals surface area contributed by atoms with E-state index in [1.807, 2.05) is 6.92 Å². The van der Waals surface area contributed by atoms with Crippen LogP contribution in [0.3, 0.4) is 0 Å². The second-order valence-corrected chi connectivity index (χ2v) is 4.43. The summed E-state index contributed by atoms with van der Waals surface area (Å²) in [7, 11) is 3.48. The minimum atomic E-state index is -0.483. The van der Waals surface area contributed by atoms with Crippen LogP contribution in [0.2, 0.25) is 0 Å². The molecule has 0 fully saturated rings. The van der Waals surface area contributed by atoms with E-state index < -0.39 is 5.24 Å². The fourth-order valence-corrected chi connectivity index (χ4v) is 1.84. The number of carbonyl (C=O) groups is 2. The average molecular weight is 254 g/mol. The van der Waals surface area contributed by atoms with Crippen LogP contribution in [0.4, 0.5) is 0 Å². The molecule has 0 aliphatic rings. The Kier molecular flexibility index (Phi) is 4.70. The van der Waals surface area contributed by atoms with Gasteiger partial charge >= 0.3 is 0 Å². The zero-order chi connectivity index (χ0) is 13.0. The monoisotopic (exact) mass is 253 g/mol.